The summed E-state index contributed by atoms with van der Waals surface area (Å²) in [6, 6.07) is 9.98. The van der Waals surface area contributed by atoms with Crippen molar-refractivity contribution in [3.8, 4) is 0 Å². The summed E-state index contributed by atoms with van der Waals surface area (Å²) in [6.45, 7) is 0. The molecule has 0 saturated carbocycles. The molecule has 0 N–H and O–H groups in total. The van der Waals surface area contributed by atoms with Crippen molar-refractivity contribution in [3.05, 3.63) is 47.5 Å². The molecule has 0 unspecified atom stereocenters. The lowest BCUT2D eigenvalue weighted by atomic mass is 10.2. The van der Waals surface area contributed by atoms with E-state index in [1.165, 1.54) is 11.3 Å². The van der Waals surface area contributed by atoms with E-state index < -0.39 is 0 Å². The molecule has 0 saturated heterocycles. The summed E-state index contributed by atoms with van der Waals surface area (Å²) in [5, 5.41) is 1.13. The van der Waals surface area contributed by atoms with Gasteiger partial charge in [0.1, 0.15) is 0 Å². The van der Waals surface area contributed by atoms with Crippen LogP contribution in [0.1, 0.15) is 9.67 Å². The van der Waals surface area contributed by atoms with Gasteiger partial charge in [0.15, 0.2) is 5.78 Å². The lowest BCUT2D eigenvalue weighted by Crippen LogP contribution is -2.02. The normalized spacial score (nSPS) is 11.1. The Bertz CT molecular complexity index is 507. The van der Waals surface area contributed by atoms with Gasteiger partial charge in [0.25, 0.3) is 0 Å². The number of fused-ring (bicyclic) bond motifs is 1. The fourth-order valence-corrected chi connectivity index (χ4v) is 2.39. The number of rotatable bonds is 3. The number of allylic oxidation sites excluding steroid dienone is 1. The smallest absolute Gasteiger partial charge is 0.197 e. The average molecular weight is 231 g/mol. The molecule has 0 aliphatic rings. The van der Waals surface area contributed by atoms with Crippen LogP contribution in [-0.2, 0) is 0 Å². The number of nitrogens with zero attached hydrogens (tertiary/aromatic N) is 1. The Morgan fingerprint density at radius 2 is 2.06 bits per heavy atom. The quantitative estimate of drug-likeness (QED) is 0.597. The molecule has 82 valence electrons. The van der Waals surface area contributed by atoms with E-state index in [1.54, 1.807) is 12.3 Å². The Kier molecular flexibility index (Phi) is 3.06. The summed E-state index contributed by atoms with van der Waals surface area (Å²) in [5.74, 6) is 0.0647. The number of carbonyl (C=O) groups is 1. The highest BCUT2D eigenvalue weighted by Crippen LogP contribution is 2.25. The maximum absolute atomic E-state index is 11.8. The Labute approximate surface area is 98.8 Å². The van der Waals surface area contributed by atoms with Crippen LogP contribution in [0, 0.1) is 0 Å². The van der Waals surface area contributed by atoms with Crippen molar-refractivity contribution in [2.75, 3.05) is 14.1 Å². The predicted molar refractivity (Wildman–Crippen MR) is 69.0 cm³/mol. The highest BCUT2D eigenvalue weighted by Gasteiger charge is 2.06. The van der Waals surface area contributed by atoms with Crippen LogP contribution < -0.4 is 0 Å². The van der Waals surface area contributed by atoms with Gasteiger partial charge >= 0.3 is 0 Å². The van der Waals surface area contributed by atoms with E-state index in [9.17, 15) is 4.79 Å². The summed E-state index contributed by atoms with van der Waals surface area (Å²) in [4.78, 5) is 14.5. The largest absolute Gasteiger partial charge is 0.383 e. The average Bonchev–Trinajstić information content (AvgIpc) is 2.69. The number of ketones is 1. The van der Waals surface area contributed by atoms with E-state index in [-0.39, 0.29) is 5.78 Å². The summed E-state index contributed by atoms with van der Waals surface area (Å²) in [5.41, 5.74) is 0. The number of hydrogen-bond donors (Lipinski definition) is 0. The Hall–Kier alpha value is -1.61. The molecule has 0 aliphatic carbocycles. The van der Waals surface area contributed by atoms with Crippen LogP contribution in [0.2, 0.25) is 0 Å². The van der Waals surface area contributed by atoms with Gasteiger partial charge in [-0.25, -0.2) is 0 Å². The number of benzene rings is 1. The maximum Gasteiger partial charge on any atom is 0.197 e. The molecular formula is C13H13NOS. The minimum Gasteiger partial charge on any atom is -0.383 e. The molecule has 3 heteroatoms. The van der Waals surface area contributed by atoms with Crippen LogP contribution in [0.15, 0.2) is 42.6 Å². The Balaban J connectivity index is 2.30. The zero-order valence-corrected chi connectivity index (χ0v) is 10.1. The molecule has 0 radical (unpaired) electrons. The minimum absolute atomic E-state index is 0.0647. The third-order valence-corrected chi connectivity index (χ3v) is 3.32. The third-order valence-electron chi connectivity index (χ3n) is 2.19. The van der Waals surface area contributed by atoms with Crippen molar-refractivity contribution in [3.63, 3.8) is 0 Å². The Morgan fingerprint density at radius 3 is 2.75 bits per heavy atom. The van der Waals surface area contributed by atoms with Crippen molar-refractivity contribution >= 4 is 27.2 Å². The molecule has 0 bridgehead atoms. The molecule has 2 rings (SSSR count). The minimum atomic E-state index is 0.0647. The van der Waals surface area contributed by atoms with Gasteiger partial charge in [-0.15, -0.1) is 11.3 Å². The molecule has 16 heavy (non-hydrogen) atoms. The van der Waals surface area contributed by atoms with E-state index in [0.29, 0.717) is 0 Å². The van der Waals surface area contributed by atoms with Gasteiger partial charge in [0, 0.05) is 31.1 Å². The zero-order chi connectivity index (χ0) is 11.5. The van der Waals surface area contributed by atoms with E-state index in [1.807, 2.05) is 49.3 Å². The molecule has 1 aromatic carbocycles. The van der Waals surface area contributed by atoms with Crippen molar-refractivity contribution in [2.24, 2.45) is 0 Å². The molecule has 0 amide bonds. The van der Waals surface area contributed by atoms with Crippen molar-refractivity contribution in [1.82, 2.24) is 4.90 Å². The summed E-state index contributed by atoms with van der Waals surface area (Å²) in [6.07, 6.45) is 3.37. The van der Waals surface area contributed by atoms with Gasteiger partial charge in [-0.1, -0.05) is 18.2 Å². The Morgan fingerprint density at radius 1 is 1.31 bits per heavy atom. The van der Waals surface area contributed by atoms with Crippen molar-refractivity contribution in [1.29, 1.82) is 0 Å². The number of carbonyl (C=O) groups excluding carboxylic acids is 1. The van der Waals surface area contributed by atoms with E-state index in [0.717, 1.165) is 15.0 Å². The first-order valence-electron chi connectivity index (χ1n) is 5.04. The molecule has 2 nitrogen and oxygen atoms in total. The van der Waals surface area contributed by atoms with E-state index in [2.05, 4.69) is 0 Å². The lowest BCUT2D eigenvalue weighted by molar-refractivity contribution is 0.104. The second kappa shape index (κ2) is 4.49. The van der Waals surface area contributed by atoms with E-state index in [4.69, 9.17) is 0 Å². The van der Waals surface area contributed by atoms with Crippen LogP contribution in [0.4, 0.5) is 0 Å². The first kappa shape index (κ1) is 10.9. The molecular weight excluding hydrogens is 218 g/mol. The molecule has 0 aliphatic heterocycles. The lowest BCUT2D eigenvalue weighted by Gasteiger charge is -2.01. The van der Waals surface area contributed by atoms with Crippen LogP contribution in [0.5, 0.6) is 0 Å². The van der Waals surface area contributed by atoms with Crippen LogP contribution >= 0.6 is 11.3 Å². The van der Waals surface area contributed by atoms with Crippen molar-refractivity contribution < 1.29 is 4.79 Å². The topological polar surface area (TPSA) is 20.3 Å². The fourth-order valence-electron chi connectivity index (χ4n) is 1.40. The highest BCUT2D eigenvalue weighted by atomic mass is 32.1. The predicted octanol–water partition coefficient (Wildman–Crippen LogP) is 3.16. The van der Waals surface area contributed by atoms with Gasteiger partial charge in [-0.3, -0.25) is 4.79 Å². The van der Waals surface area contributed by atoms with Crippen LogP contribution in [0.3, 0.4) is 0 Å². The SMILES string of the molecule is CN(C)/C=C/C(=O)c1cc2ccccc2s1. The van der Waals surface area contributed by atoms with Gasteiger partial charge in [0.2, 0.25) is 0 Å². The molecule has 0 spiro atoms. The van der Waals surface area contributed by atoms with Gasteiger partial charge in [-0.2, -0.15) is 0 Å². The maximum atomic E-state index is 11.8. The fraction of sp³-hybridized carbons (Fsp3) is 0.154. The second-order valence-corrected chi connectivity index (χ2v) is 4.88. The second-order valence-electron chi connectivity index (χ2n) is 3.79. The zero-order valence-electron chi connectivity index (χ0n) is 9.31. The van der Waals surface area contributed by atoms with Crippen LogP contribution in [0.25, 0.3) is 10.1 Å². The third kappa shape index (κ3) is 2.31. The number of hydrogen-bond acceptors (Lipinski definition) is 3. The first-order valence-corrected chi connectivity index (χ1v) is 5.86. The molecule has 0 fully saturated rings. The summed E-state index contributed by atoms with van der Waals surface area (Å²) >= 11 is 1.54. The highest BCUT2D eigenvalue weighted by molar-refractivity contribution is 7.20. The van der Waals surface area contributed by atoms with Gasteiger partial charge in [-0.05, 0) is 17.5 Å². The first-order chi connectivity index (χ1) is 7.66. The van der Waals surface area contributed by atoms with E-state index >= 15 is 0 Å². The monoisotopic (exact) mass is 231 g/mol. The summed E-state index contributed by atoms with van der Waals surface area (Å²) < 4.78 is 1.16. The van der Waals surface area contributed by atoms with Crippen molar-refractivity contribution in [2.45, 2.75) is 0 Å². The number of thiophene rings is 1. The molecule has 1 aromatic heterocycles. The molecule has 2 aromatic rings. The van der Waals surface area contributed by atoms with Crippen LogP contribution in [-0.4, -0.2) is 24.8 Å². The van der Waals surface area contributed by atoms with Gasteiger partial charge < -0.3 is 4.90 Å². The molecule has 1 heterocycles. The summed E-state index contributed by atoms with van der Waals surface area (Å²) in [7, 11) is 3.80. The van der Waals surface area contributed by atoms with Gasteiger partial charge in [0.05, 0.1) is 4.88 Å². The standard InChI is InChI=1S/C13H13NOS/c1-14(2)8-7-11(15)13-9-10-5-3-4-6-12(10)16-13/h3-9H,1-2H3/b8-7+. The molecule has 0 atom stereocenters.